The van der Waals surface area contributed by atoms with Gasteiger partial charge in [-0.3, -0.25) is 4.84 Å². The number of nitrogens with zero attached hydrogens (tertiary/aromatic N) is 1. The summed E-state index contributed by atoms with van der Waals surface area (Å²) in [5.74, 6) is -0.838. The summed E-state index contributed by atoms with van der Waals surface area (Å²) in [6.07, 6.45) is -0.972. The molecule has 5 aromatic rings. The standard InChI is InChI=1S/C31H27NO8S2/c33-30(38-19-23-8-3-1-4-9-23)32(40-31(34)39-20-24-10-5-2-6-11-24)27(28-12-7-16-37-28)22-42(35,36)21-25-13-14-29-26(18-25)15-17-41-29/h1-18,27H,19-22H2/t27-/m1/s1. The van der Waals surface area contributed by atoms with Gasteiger partial charge in [-0.05, 0) is 57.8 Å². The molecular formula is C31H27NO8S2. The molecule has 0 unspecified atom stereocenters. The van der Waals surface area contributed by atoms with Crippen molar-refractivity contribution in [3.05, 3.63) is 131 Å². The Morgan fingerprint density at radius 2 is 1.50 bits per heavy atom. The maximum atomic E-state index is 13.5. The lowest BCUT2D eigenvalue weighted by atomic mass is 10.2. The maximum absolute atomic E-state index is 13.5. The molecule has 0 aliphatic carbocycles. The highest BCUT2D eigenvalue weighted by atomic mass is 32.2. The van der Waals surface area contributed by atoms with Crippen LogP contribution >= 0.6 is 11.3 Å². The van der Waals surface area contributed by atoms with Crippen LogP contribution in [0.15, 0.2) is 113 Å². The van der Waals surface area contributed by atoms with Gasteiger partial charge in [-0.2, -0.15) is 0 Å². The van der Waals surface area contributed by atoms with Gasteiger partial charge < -0.3 is 13.9 Å². The Balaban J connectivity index is 1.38. The minimum absolute atomic E-state index is 0.0828. The SMILES string of the molecule is O=C(OCc1ccccc1)ON(C(=O)OCc1ccccc1)[C@H](CS(=O)(=O)Cc1ccc2sccc2c1)c1ccco1. The molecule has 0 bridgehead atoms. The molecule has 0 saturated carbocycles. The molecule has 2 heterocycles. The summed E-state index contributed by atoms with van der Waals surface area (Å²) in [6, 6.07) is 26.8. The third-order valence-electron chi connectivity index (χ3n) is 6.23. The maximum Gasteiger partial charge on any atom is 0.533 e. The van der Waals surface area contributed by atoms with E-state index < -0.39 is 33.9 Å². The van der Waals surface area contributed by atoms with Crippen LogP contribution < -0.4 is 0 Å². The number of sulfone groups is 1. The van der Waals surface area contributed by atoms with Gasteiger partial charge in [-0.1, -0.05) is 66.7 Å². The first-order valence-electron chi connectivity index (χ1n) is 12.9. The summed E-state index contributed by atoms with van der Waals surface area (Å²) >= 11 is 1.56. The molecule has 1 amide bonds. The summed E-state index contributed by atoms with van der Waals surface area (Å²) in [6.45, 7) is -0.266. The van der Waals surface area contributed by atoms with E-state index >= 15 is 0 Å². The smallest absolute Gasteiger partial charge is 0.467 e. The van der Waals surface area contributed by atoms with E-state index in [4.69, 9.17) is 18.7 Å². The van der Waals surface area contributed by atoms with E-state index in [2.05, 4.69) is 0 Å². The van der Waals surface area contributed by atoms with Gasteiger partial charge in [0.15, 0.2) is 9.84 Å². The van der Waals surface area contributed by atoms with Gasteiger partial charge in [0.2, 0.25) is 0 Å². The lowest BCUT2D eigenvalue weighted by Gasteiger charge is -2.27. The van der Waals surface area contributed by atoms with Crippen LogP contribution in [0.1, 0.15) is 28.5 Å². The summed E-state index contributed by atoms with van der Waals surface area (Å²) in [4.78, 5) is 31.4. The van der Waals surface area contributed by atoms with Gasteiger partial charge in [0.05, 0.1) is 17.8 Å². The third-order valence-corrected chi connectivity index (χ3v) is 8.72. The molecule has 0 radical (unpaired) electrons. The van der Waals surface area contributed by atoms with Crippen molar-refractivity contribution >= 4 is 43.5 Å². The van der Waals surface area contributed by atoms with Crippen molar-refractivity contribution in [3.8, 4) is 0 Å². The zero-order valence-electron chi connectivity index (χ0n) is 22.3. The molecule has 11 heteroatoms. The van der Waals surface area contributed by atoms with Crippen molar-refractivity contribution in [2.24, 2.45) is 0 Å². The van der Waals surface area contributed by atoms with Crippen molar-refractivity contribution in [1.29, 1.82) is 0 Å². The van der Waals surface area contributed by atoms with E-state index in [0.29, 0.717) is 21.8 Å². The predicted molar refractivity (Wildman–Crippen MR) is 157 cm³/mol. The molecule has 42 heavy (non-hydrogen) atoms. The van der Waals surface area contributed by atoms with Crippen molar-refractivity contribution in [2.75, 3.05) is 5.75 Å². The molecule has 2 aromatic heterocycles. The molecule has 0 aliphatic rings. The van der Waals surface area contributed by atoms with Crippen molar-refractivity contribution < 1.29 is 36.7 Å². The molecule has 5 rings (SSSR count). The highest BCUT2D eigenvalue weighted by molar-refractivity contribution is 7.90. The number of furan rings is 1. The summed E-state index contributed by atoms with van der Waals surface area (Å²) in [5, 5.41) is 3.43. The minimum atomic E-state index is -3.89. The number of benzene rings is 3. The fraction of sp³-hybridized carbons (Fsp3) is 0.161. The number of fused-ring (bicyclic) bond motifs is 1. The van der Waals surface area contributed by atoms with Crippen LogP contribution in [-0.2, 0) is 43.1 Å². The molecular weight excluding hydrogens is 578 g/mol. The zero-order chi connectivity index (χ0) is 29.4. The second-order valence-corrected chi connectivity index (χ2v) is 12.4. The fourth-order valence-corrected chi connectivity index (χ4v) is 6.60. The Kier molecular flexibility index (Phi) is 9.20. The Hall–Kier alpha value is -4.61. The average Bonchev–Trinajstić information content (AvgIpc) is 3.70. The van der Waals surface area contributed by atoms with E-state index in [-0.39, 0.29) is 24.7 Å². The van der Waals surface area contributed by atoms with Crippen molar-refractivity contribution in [1.82, 2.24) is 5.06 Å². The first-order valence-corrected chi connectivity index (χ1v) is 15.6. The summed E-state index contributed by atoms with van der Waals surface area (Å²) in [7, 11) is -3.89. The molecule has 216 valence electrons. The van der Waals surface area contributed by atoms with Gasteiger partial charge in [-0.15, -0.1) is 16.4 Å². The van der Waals surface area contributed by atoms with Gasteiger partial charge in [0.1, 0.15) is 25.0 Å². The number of thiophene rings is 1. The number of carbonyl (C=O) groups is 2. The van der Waals surface area contributed by atoms with Gasteiger partial charge in [-0.25, -0.2) is 18.0 Å². The van der Waals surface area contributed by atoms with Gasteiger partial charge >= 0.3 is 12.2 Å². The molecule has 0 spiro atoms. The molecule has 9 nitrogen and oxygen atoms in total. The van der Waals surface area contributed by atoms with Gasteiger partial charge in [0, 0.05) is 4.70 Å². The quantitative estimate of drug-likeness (QED) is 0.123. The van der Waals surface area contributed by atoms with E-state index in [9.17, 15) is 18.0 Å². The van der Waals surface area contributed by atoms with Crippen LogP contribution in [0.5, 0.6) is 0 Å². The summed E-state index contributed by atoms with van der Waals surface area (Å²) < 4.78 is 44.2. The van der Waals surface area contributed by atoms with Crippen molar-refractivity contribution in [2.45, 2.75) is 25.0 Å². The second-order valence-electron chi connectivity index (χ2n) is 9.36. The van der Waals surface area contributed by atoms with Crippen molar-refractivity contribution in [3.63, 3.8) is 0 Å². The monoisotopic (exact) mass is 605 g/mol. The fourth-order valence-electron chi connectivity index (χ4n) is 4.24. The topological polar surface area (TPSA) is 112 Å². The lowest BCUT2D eigenvalue weighted by molar-refractivity contribution is -0.137. The predicted octanol–water partition coefficient (Wildman–Crippen LogP) is 7.06. The van der Waals surface area contributed by atoms with E-state index in [1.165, 1.54) is 12.3 Å². The highest BCUT2D eigenvalue weighted by Crippen LogP contribution is 2.28. The number of amides is 1. The number of hydrogen-bond donors (Lipinski definition) is 0. The lowest BCUT2D eigenvalue weighted by Crippen LogP contribution is -2.40. The zero-order valence-corrected chi connectivity index (χ0v) is 24.0. The first-order chi connectivity index (χ1) is 20.4. The number of carbonyl (C=O) groups excluding carboxylic acids is 2. The molecule has 0 saturated heterocycles. The normalized spacial score (nSPS) is 12.0. The van der Waals surface area contributed by atoms with Crippen LogP contribution in [0.25, 0.3) is 10.1 Å². The van der Waals surface area contributed by atoms with E-state index in [0.717, 1.165) is 10.1 Å². The molecule has 1 atom stereocenters. The van der Waals surface area contributed by atoms with Crippen LogP contribution in [0, 0.1) is 0 Å². The molecule has 0 aliphatic heterocycles. The number of rotatable bonds is 10. The summed E-state index contributed by atoms with van der Waals surface area (Å²) in [5.41, 5.74) is 1.96. The van der Waals surface area contributed by atoms with Crippen LogP contribution in [0.2, 0.25) is 0 Å². The Morgan fingerprint density at radius 1 is 0.810 bits per heavy atom. The Labute approximate surface area is 246 Å². The van der Waals surface area contributed by atoms with Crippen LogP contribution in [-0.4, -0.2) is 31.5 Å². The van der Waals surface area contributed by atoms with E-state index in [1.807, 2.05) is 35.7 Å². The Morgan fingerprint density at radius 3 is 2.17 bits per heavy atom. The molecule has 0 fully saturated rings. The van der Waals surface area contributed by atoms with Crippen LogP contribution in [0.3, 0.4) is 0 Å². The minimum Gasteiger partial charge on any atom is -0.467 e. The third kappa shape index (κ3) is 7.77. The molecule has 3 aromatic carbocycles. The average molecular weight is 606 g/mol. The highest BCUT2D eigenvalue weighted by Gasteiger charge is 2.37. The Bertz CT molecular complexity index is 1720. The number of ether oxygens (including phenoxy) is 2. The molecule has 0 N–H and O–H groups in total. The van der Waals surface area contributed by atoms with Crippen LogP contribution in [0.4, 0.5) is 9.59 Å². The largest absolute Gasteiger partial charge is 0.533 e. The number of hydroxylamine groups is 2. The van der Waals surface area contributed by atoms with E-state index in [1.54, 1.807) is 72.0 Å². The first kappa shape index (κ1) is 28.9. The number of hydrogen-bond acceptors (Lipinski definition) is 9. The second kappa shape index (κ2) is 13.4. The van der Waals surface area contributed by atoms with Gasteiger partial charge in [0.25, 0.3) is 0 Å².